The number of fused-ring (bicyclic) bond motifs is 4. The molecule has 6 aromatic rings. The number of aromatic amines is 2. The molecule has 4 saturated heterocycles. The Labute approximate surface area is 773 Å². The molecule has 0 spiro atoms. The standard InChI is InChI=1S/C47H65N11O8.C47H65N11O7S/c1-28(59)53-37(22-29-12-4-2-5-13-29)42(62)55-36-19-11-20-50-41(61)35(18-10-21-51-47(48)49)54-44(64)39(24-31-26-52-34-17-9-8-16-33(31)34)56-43(63)38(23-30-14-6-3-7-15-30)57-45(65)40-25-32(60)27-58(40)46(36)66;1-28(59)53-37(22-29-12-4-2-5-13-29)42(61)55-36-19-11-20-50-41(60)35(18-10-21-51-47(48)49)54-44(63)39(24-31-26-52-34-17-9-8-16-33(31)34)56-43(62)38(23-30-14-6-3-7-15-30)57-45(64)40-25-32(66)27-58(40)46(36)65/h2,4-5,8-9,12-13,16-17,26,30,32,35-40,52,60H,3,6-7,10-11,14-15,18-25,27H2,1H3,(H,50,61)(H,53,59)(H,54,64)(H,55,62)(H,56,63)(H,57,65)(H4,48,49,51);2,4-5,8-9,12-13,16-17,26,30,32,35-40,52,66H,3,6-7,10-11,14-15,18-25,27H2,1H3,(H,50,60)(H,53,59)(H,54,63)(H,55,61)(H,56,62)(H,57,64)(H4,48,49,51)/t32-,35+,36+,37+,38-,39+,40+;32-,35-,36-,37-,38+,39-,40-/m10/s1. The van der Waals surface area contributed by atoms with E-state index in [1.165, 1.54) is 23.6 Å². The summed E-state index contributed by atoms with van der Waals surface area (Å²) in [5.41, 5.74) is 26.9. The van der Waals surface area contributed by atoms with Gasteiger partial charge in [-0.15, -0.1) is 0 Å². The summed E-state index contributed by atoms with van der Waals surface area (Å²) in [6, 6.07) is 19.9. The van der Waals surface area contributed by atoms with Crippen molar-refractivity contribution in [1.29, 1.82) is 0 Å². The number of nitrogens with two attached hydrogens (primary N) is 4. The highest BCUT2D eigenvalue weighted by Crippen LogP contribution is 2.32. The fourth-order valence-corrected chi connectivity index (χ4v) is 18.9. The molecule has 14 amide bonds. The maximum Gasteiger partial charge on any atom is 0.245 e. The zero-order valence-electron chi connectivity index (χ0n) is 75.1. The minimum atomic E-state index is -1.25. The highest BCUT2D eigenvalue weighted by Gasteiger charge is 2.46. The van der Waals surface area contributed by atoms with Crippen molar-refractivity contribution in [2.75, 3.05) is 39.3 Å². The minimum Gasteiger partial charge on any atom is -0.391 e. The molecule has 712 valence electrons. The van der Waals surface area contributed by atoms with Gasteiger partial charge in [0.15, 0.2) is 11.9 Å². The van der Waals surface area contributed by atoms with Crippen molar-refractivity contribution in [1.82, 2.24) is 83.6 Å². The number of nitrogens with one attached hydrogen (secondary N) is 14. The van der Waals surface area contributed by atoms with E-state index in [9.17, 15) is 72.2 Å². The van der Waals surface area contributed by atoms with Crippen molar-refractivity contribution in [3.05, 3.63) is 144 Å². The van der Waals surface area contributed by atoms with E-state index in [1.807, 2.05) is 97.1 Å². The monoisotopic (exact) mass is 1840 g/mol. The Bertz CT molecular complexity index is 4730. The number of H-pyrrole nitrogens is 2. The lowest BCUT2D eigenvalue weighted by Gasteiger charge is -2.32. The minimum absolute atomic E-state index is 0.00909. The largest absolute Gasteiger partial charge is 0.391 e. The SMILES string of the molecule is CC(=O)N[C@@H](Cc1ccccc1)C(=O)N[C@H]1CCCNC(=O)[C@H](CCCN=C(N)N)NC(=O)[C@H](Cc2c[nH]c3ccccc23)NC(=O)[C@@H](CC2CCCCC2)NC(=O)[C@@H]2C[C@@H](O)CN2C1=O.CC(=O)N[C@@H](Cc1ccccc1)C(=O)N[C@H]1CCCNC(=O)[C@H](CCCN=C(N)N)NC(=O)[C@H](Cc2c[nH]c3ccccc23)NC(=O)[C@@H](CC2CCCCC2)NC(=O)[C@@H]2C[C@H](S)CN2C1=O. The number of aliphatic imine (C=N–C) groups is 2. The molecule has 37 nitrogen and oxygen atoms in total. The molecule has 14 atom stereocenters. The average molecular weight is 1840 g/mol. The van der Waals surface area contributed by atoms with Gasteiger partial charge < -0.3 is 112 Å². The van der Waals surface area contributed by atoms with Crippen LogP contribution in [0.1, 0.15) is 177 Å². The van der Waals surface area contributed by atoms with E-state index in [-0.39, 0.29) is 146 Å². The van der Waals surface area contributed by atoms with Gasteiger partial charge in [0.2, 0.25) is 82.7 Å². The third-order valence-electron chi connectivity index (χ3n) is 25.3. The number of aromatic nitrogens is 2. The Hall–Kier alpha value is -12.6. The van der Waals surface area contributed by atoms with Gasteiger partial charge in [-0.2, -0.15) is 12.6 Å². The molecule has 12 rings (SSSR count). The fraction of sp³-hybridized carbons (Fsp3) is 0.532. The quantitative estimate of drug-likeness (QED) is 0.0158. The molecule has 38 heteroatoms. The number of guanidine groups is 2. The molecular formula is C94H130N22O15S. The lowest BCUT2D eigenvalue weighted by Crippen LogP contribution is -2.60. The van der Waals surface area contributed by atoms with Crippen LogP contribution < -0.4 is 86.7 Å². The van der Waals surface area contributed by atoms with E-state index >= 15 is 0 Å². The van der Waals surface area contributed by atoms with Gasteiger partial charge in [-0.1, -0.05) is 161 Å². The molecule has 0 bridgehead atoms. The molecule has 4 aromatic carbocycles. The number of carbonyl (C=O) groups excluding carboxylic acids is 14. The Morgan fingerprint density at radius 3 is 1.23 bits per heavy atom. The number of carbonyl (C=O) groups is 14. The summed E-state index contributed by atoms with van der Waals surface area (Å²) in [6.07, 6.45) is 14.3. The maximum atomic E-state index is 14.7. The summed E-state index contributed by atoms with van der Waals surface area (Å²) in [7, 11) is 0. The number of nitrogens with zero attached hydrogens (tertiary/aromatic N) is 4. The number of thiol groups is 1. The van der Waals surface area contributed by atoms with Crippen LogP contribution >= 0.6 is 12.6 Å². The third-order valence-corrected chi connectivity index (χ3v) is 25.7. The van der Waals surface area contributed by atoms with Gasteiger partial charge in [0.1, 0.15) is 72.5 Å². The summed E-state index contributed by atoms with van der Waals surface area (Å²) < 4.78 is 0. The average Bonchev–Trinajstić information content (AvgIpc) is 1.61. The molecular weight excluding hydrogens is 1710 g/mol. The normalized spacial score (nSPS) is 24.4. The summed E-state index contributed by atoms with van der Waals surface area (Å²) >= 11 is 4.70. The predicted molar refractivity (Wildman–Crippen MR) is 501 cm³/mol. The van der Waals surface area contributed by atoms with Crippen LogP contribution in [-0.2, 0) is 92.8 Å². The number of para-hydroxylation sites is 2. The van der Waals surface area contributed by atoms with Gasteiger partial charge in [0.25, 0.3) is 0 Å². The van der Waals surface area contributed by atoms with Gasteiger partial charge in [-0.05, 0) is 117 Å². The van der Waals surface area contributed by atoms with E-state index in [4.69, 9.17) is 35.6 Å². The molecule has 0 unspecified atom stereocenters. The molecule has 6 fully saturated rings. The first-order valence-corrected chi connectivity index (χ1v) is 46.8. The Balaban J connectivity index is 0.000000255. The van der Waals surface area contributed by atoms with Gasteiger partial charge in [-0.3, -0.25) is 77.1 Å². The summed E-state index contributed by atoms with van der Waals surface area (Å²) in [5.74, 6) is -8.01. The first kappa shape index (κ1) is 100.0. The van der Waals surface area contributed by atoms with E-state index < -0.39 is 167 Å². The number of amides is 14. The highest BCUT2D eigenvalue weighted by molar-refractivity contribution is 7.81. The number of hydrogen-bond acceptors (Lipinski definition) is 18. The van der Waals surface area contributed by atoms with Crippen LogP contribution in [0.15, 0.2) is 132 Å². The van der Waals surface area contributed by atoms with Gasteiger partial charge in [0, 0.05) is 125 Å². The maximum absolute atomic E-state index is 14.7. The van der Waals surface area contributed by atoms with E-state index in [0.717, 1.165) is 108 Å². The van der Waals surface area contributed by atoms with E-state index in [0.29, 0.717) is 19.3 Å². The van der Waals surface area contributed by atoms with E-state index in [2.05, 4.69) is 83.8 Å². The molecule has 23 N–H and O–H groups in total. The Morgan fingerprint density at radius 2 is 0.818 bits per heavy atom. The van der Waals surface area contributed by atoms with Crippen LogP contribution in [0, 0.1) is 11.8 Å². The fourth-order valence-electron chi connectivity index (χ4n) is 18.6. The second-order valence-corrected chi connectivity index (χ2v) is 36.3. The van der Waals surface area contributed by atoms with Crippen LogP contribution in [0.4, 0.5) is 0 Å². The smallest absolute Gasteiger partial charge is 0.245 e. The second-order valence-electron chi connectivity index (χ2n) is 35.5. The van der Waals surface area contributed by atoms with Crippen LogP contribution in [-0.4, -0.2) is 243 Å². The third kappa shape index (κ3) is 29.7. The Morgan fingerprint density at radius 1 is 0.447 bits per heavy atom. The molecule has 132 heavy (non-hydrogen) atoms. The molecule has 2 aromatic heterocycles. The van der Waals surface area contributed by atoms with Crippen molar-refractivity contribution < 1.29 is 72.2 Å². The van der Waals surface area contributed by atoms with Gasteiger partial charge >= 0.3 is 0 Å². The number of benzene rings is 4. The Kier molecular flexibility index (Phi) is 37.5. The molecule has 0 radical (unpaired) electrons. The second kappa shape index (κ2) is 49.6. The summed E-state index contributed by atoms with van der Waals surface area (Å²) in [6.45, 7) is 2.91. The number of aliphatic hydroxyl groups is 1. The molecule has 4 aliphatic heterocycles. The topological polar surface area (TPSA) is 570 Å². The number of aliphatic hydroxyl groups excluding tert-OH is 1. The van der Waals surface area contributed by atoms with Crippen molar-refractivity contribution in [3.63, 3.8) is 0 Å². The molecule has 6 aliphatic rings. The summed E-state index contributed by atoms with van der Waals surface area (Å²) in [5, 5.41) is 46.6. The molecule has 6 heterocycles. The van der Waals surface area contributed by atoms with Crippen LogP contribution in [0.5, 0.6) is 0 Å². The number of rotatable bonds is 26. The van der Waals surface area contributed by atoms with Crippen LogP contribution in [0.25, 0.3) is 21.8 Å². The van der Waals surface area contributed by atoms with Crippen molar-refractivity contribution >= 4 is 129 Å². The van der Waals surface area contributed by atoms with Crippen LogP contribution in [0.2, 0.25) is 0 Å². The lowest BCUT2D eigenvalue weighted by molar-refractivity contribution is -0.143. The first-order valence-electron chi connectivity index (χ1n) is 46.3. The molecule has 2 aliphatic carbocycles. The van der Waals surface area contributed by atoms with E-state index in [1.54, 1.807) is 24.5 Å². The molecule has 2 saturated carbocycles. The predicted octanol–water partition coefficient (Wildman–Crippen LogP) is 1.52. The summed E-state index contributed by atoms with van der Waals surface area (Å²) in [4.78, 5) is 214. The van der Waals surface area contributed by atoms with Gasteiger partial charge in [0.05, 0.1) is 6.10 Å². The zero-order chi connectivity index (χ0) is 94.3. The highest BCUT2D eigenvalue weighted by atomic mass is 32.1. The van der Waals surface area contributed by atoms with Crippen molar-refractivity contribution in [2.45, 2.75) is 265 Å². The van der Waals surface area contributed by atoms with Crippen molar-refractivity contribution in [3.8, 4) is 0 Å². The first-order chi connectivity index (χ1) is 63.5. The van der Waals surface area contributed by atoms with Crippen LogP contribution in [0.3, 0.4) is 0 Å². The van der Waals surface area contributed by atoms with Crippen molar-refractivity contribution in [2.24, 2.45) is 44.8 Å². The van der Waals surface area contributed by atoms with Gasteiger partial charge in [-0.25, -0.2) is 0 Å². The zero-order valence-corrected chi connectivity index (χ0v) is 76.0. The lowest BCUT2D eigenvalue weighted by atomic mass is 9.84. The number of hydrogen-bond donors (Lipinski definition) is 20.